The molecular weight excluding hydrogens is 250 g/mol. The number of carbonyl (C=O) groups is 1. The van der Waals surface area contributed by atoms with Crippen LogP contribution in [0.25, 0.3) is 0 Å². The molecule has 3 nitrogen and oxygen atoms in total. The highest BCUT2D eigenvalue weighted by molar-refractivity contribution is 5.75. The van der Waals surface area contributed by atoms with Crippen LogP contribution >= 0.6 is 0 Å². The molecule has 0 spiro atoms. The van der Waals surface area contributed by atoms with Crippen LogP contribution in [0.1, 0.15) is 57.8 Å². The number of rotatable bonds is 0. The molecule has 2 heterocycles. The molecule has 0 saturated carbocycles. The van der Waals surface area contributed by atoms with Crippen molar-refractivity contribution in [1.82, 2.24) is 4.90 Å². The normalized spacial score (nSPS) is 24.1. The zero-order chi connectivity index (χ0) is 14.7. The Hall–Kier alpha value is -1.77. The van der Waals surface area contributed by atoms with E-state index in [4.69, 9.17) is 4.74 Å². The molecule has 2 unspecified atom stereocenters. The number of ether oxygens (including phenoxy) is 1. The average Bonchev–Trinajstić information content (AvgIpc) is 2.81. The molecule has 0 fully saturated rings. The monoisotopic (exact) mass is 271 g/mol. The van der Waals surface area contributed by atoms with E-state index in [0.29, 0.717) is 0 Å². The molecule has 3 heteroatoms. The molecule has 0 aliphatic carbocycles. The van der Waals surface area contributed by atoms with E-state index < -0.39 is 5.60 Å². The van der Waals surface area contributed by atoms with Gasteiger partial charge in [-0.25, -0.2) is 4.79 Å². The minimum Gasteiger partial charge on any atom is -0.444 e. The fourth-order valence-corrected chi connectivity index (χ4v) is 3.30. The summed E-state index contributed by atoms with van der Waals surface area (Å²) in [6.45, 7) is 9.95. The van der Waals surface area contributed by atoms with E-state index in [2.05, 4.69) is 26.0 Å². The van der Waals surface area contributed by atoms with Crippen LogP contribution in [0, 0.1) is 0 Å². The van der Waals surface area contributed by atoms with E-state index >= 15 is 0 Å². The summed E-state index contributed by atoms with van der Waals surface area (Å²) >= 11 is 0. The largest absolute Gasteiger partial charge is 0.444 e. The summed E-state index contributed by atoms with van der Waals surface area (Å²) in [7, 11) is 0. The number of carbonyl (C=O) groups excluding carboxylic acids is 1. The summed E-state index contributed by atoms with van der Waals surface area (Å²) in [4.78, 5) is 14.4. The second-order valence-corrected chi connectivity index (χ2v) is 6.69. The highest BCUT2D eigenvalue weighted by atomic mass is 16.6. The predicted molar refractivity (Wildman–Crippen MR) is 78.4 cm³/mol. The van der Waals surface area contributed by atoms with Crippen molar-refractivity contribution in [3.8, 4) is 0 Å². The highest BCUT2D eigenvalue weighted by Crippen LogP contribution is 2.56. The van der Waals surface area contributed by atoms with E-state index in [1.54, 1.807) is 0 Å². The van der Waals surface area contributed by atoms with E-state index in [1.165, 1.54) is 22.3 Å². The van der Waals surface area contributed by atoms with Crippen LogP contribution in [0.3, 0.4) is 0 Å². The summed E-state index contributed by atoms with van der Waals surface area (Å²) in [6, 6.07) is 8.41. The lowest BCUT2D eigenvalue weighted by Gasteiger charge is -2.28. The number of nitrogens with zero attached hydrogens (tertiary/aromatic N) is 1. The minimum absolute atomic E-state index is 0.0473. The van der Waals surface area contributed by atoms with E-state index in [-0.39, 0.29) is 18.2 Å². The van der Waals surface area contributed by atoms with E-state index in [0.717, 1.165) is 0 Å². The van der Waals surface area contributed by atoms with Crippen LogP contribution in [0.5, 0.6) is 0 Å². The van der Waals surface area contributed by atoms with Crippen LogP contribution in [0.4, 0.5) is 4.79 Å². The molecule has 3 rings (SSSR count). The maximum atomic E-state index is 12.6. The average molecular weight is 271 g/mol. The van der Waals surface area contributed by atoms with Gasteiger partial charge in [-0.15, -0.1) is 0 Å². The van der Waals surface area contributed by atoms with Gasteiger partial charge in [0.05, 0.1) is 12.1 Å². The van der Waals surface area contributed by atoms with Gasteiger partial charge in [-0.2, -0.15) is 0 Å². The molecule has 0 N–H and O–H groups in total. The predicted octanol–water partition coefficient (Wildman–Crippen LogP) is 4.37. The molecule has 1 aromatic rings. The fourth-order valence-electron chi connectivity index (χ4n) is 3.30. The van der Waals surface area contributed by atoms with Gasteiger partial charge in [-0.1, -0.05) is 24.3 Å². The molecule has 1 aromatic carbocycles. The van der Waals surface area contributed by atoms with Crippen LogP contribution in [-0.4, -0.2) is 16.6 Å². The van der Waals surface area contributed by atoms with Gasteiger partial charge in [0.2, 0.25) is 0 Å². The van der Waals surface area contributed by atoms with Crippen molar-refractivity contribution >= 4 is 6.09 Å². The molecule has 2 aliphatic rings. The topological polar surface area (TPSA) is 29.5 Å². The van der Waals surface area contributed by atoms with Gasteiger partial charge >= 0.3 is 6.09 Å². The van der Waals surface area contributed by atoms with Gasteiger partial charge in [0.1, 0.15) is 5.60 Å². The standard InChI is InChI=1S/C17H21NO2/c1-10-11(2)15-13-9-7-6-8-12(13)14(10)18(15)16(19)20-17(3,4)5/h6-9,14-15H,1-5H3. The van der Waals surface area contributed by atoms with Crippen molar-refractivity contribution in [3.05, 3.63) is 46.5 Å². The SMILES string of the molecule is CC1=C(C)C2c3ccccc3C1N2C(=O)OC(C)(C)C. The van der Waals surface area contributed by atoms with Crippen LogP contribution < -0.4 is 0 Å². The van der Waals surface area contributed by atoms with Crippen molar-refractivity contribution in [1.29, 1.82) is 0 Å². The Labute approximate surface area is 120 Å². The lowest BCUT2D eigenvalue weighted by atomic mass is 9.88. The minimum atomic E-state index is -0.465. The van der Waals surface area contributed by atoms with Gasteiger partial charge in [0.15, 0.2) is 0 Å². The second kappa shape index (κ2) is 4.11. The first kappa shape index (κ1) is 13.2. The molecular formula is C17H21NO2. The second-order valence-electron chi connectivity index (χ2n) is 6.69. The van der Waals surface area contributed by atoms with Crippen molar-refractivity contribution in [2.75, 3.05) is 0 Å². The van der Waals surface area contributed by atoms with Gasteiger partial charge < -0.3 is 4.74 Å². The Morgan fingerprint density at radius 3 is 1.90 bits per heavy atom. The lowest BCUT2D eigenvalue weighted by Crippen LogP contribution is -2.35. The number of benzene rings is 1. The molecule has 2 aliphatic heterocycles. The van der Waals surface area contributed by atoms with Gasteiger partial charge in [0.25, 0.3) is 0 Å². The first-order valence-corrected chi connectivity index (χ1v) is 7.08. The molecule has 0 saturated heterocycles. The lowest BCUT2D eigenvalue weighted by molar-refractivity contribution is 0.0186. The zero-order valence-corrected chi connectivity index (χ0v) is 12.7. The Bertz CT molecular complexity index is 571. The van der Waals surface area contributed by atoms with Crippen molar-refractivity contribution < 1.29 is 9.53 Å². The molecule has 2 bridgehead atoms. The van der Waals surface area contributed by atoms with Crippen LogP contribution in [-0.2, 0) is 4.74 Å². The van der Waals surface area contributed by atoms with E-state index in [9.17, 15) is 4.79 Å². The van der Waals surface area contributed by atoms with E-state index in [1.807, 2.05) is 37.8 Å². The molecule has 0 aromatic heterocycles. The Balaban J connectivity index is 2.00. The quantitative estimate of drug-likeness (QED) is 0.656. The molecule has 0 radical (unpaired) electrons. The highest BCUT2D eigenvalue weighted by Gasteiger charge is 2.49. The maximum Gasteiger partial charge on any atom is 0.411 e. The summed E-state index contributed by atoms with van der Waals surface area (Å²) in [5, 5.41) is 0. The van der Waals surface area contributed by atoms with Crippen molar-refractivity contribution in [3.63, 3.8) is 0 Å². The smallest absolute Gasteiger partial charge is 0.411 e. The van der Waals surface area contributed by atoms with Crippen LogP contribution in [0.15, 0.2) is 35.4 Å². The molecule has 106 valence electrons. The Kier molecular flexibility index (Phi) is 2.72. The zero-order valence-electron chi connectivity index (χ0n) is 12.7. The Morgan fingerprint density at radius 1 is 1.05 bits per heavy atom. The number of amides is 1. The number of hydrogen-bond donors (Lipinski definition) is 0. The van der Waals surface area contributed by atoms with Gasteiger partial charge in [-0.05, 0) is 56.9 Å². The third-order valence-electron chi connectivity index (χ3n) is 4.19. The molecule has 20 heavy (non-hydrogen) atoms. The number of fused-ring (bicyclic) bond motifs is 5. The Morgan fingerprint density at radius 2 is 1.50 bits per heavy atom. The fraction of sp³-hybridized carbons (Fsp3) is 0.471. The first-order valence-electron chi connectivity index (χ1n) is 7.08. The summed E-state index contributed by atoms with van der Waals surface area (Å²) < 4.78 is 5.59. The maximum absolute atomic E-state index is 12.6. The van der Waals surface area contributed by atoms with Gasteiger partial charge in [-0.3, -0.25) is 4.90 Å². The van der Waals surface area contributed by atoms with Crippen molar-refractivity contribution in [2.24, 2.45) is 0 Å². The summed E-state index contributed by atoms with van der Waals surface area (Å²) in [5.74, 6) is 0. The first-order chi connectivity index (χ1) is 9.31. The van der Waals surface area contributed by atoms with Crippen LogP contribution in [0.2, 0.25) is 0 Å². The summed E-state index contributed by atoms with van der Waals surface area (Å²) in [5.41, 5.74) is 4.57. The third-order valence-corrected chi connectivity index (χ3v) is 4.19. The molecule has 1 amide bonds. The summed E-state index contributed by atoms with van der Waals surface area (Å²) in [6.07, 6.45) is -0.222. The third kappa shape index (κ3) is 1.76. The van der Waals surface area contributed by atoms with Crippen molar-refractivity contribution in [2.45, 2.75) is 52.3 Å². The molecule has 2 atom stereocenters. The van der Waals surface area contributed by atoms with Gasteiger partial charge in [0, 0.05) is 0 Å². The number of hydrogen-bond acceptors (Lipinski definition) is 2.